The lowest BCUT2D eigenvalue weighted by molar-refractivity contribution is 0.318. The summed E-state index contributed by atoms with van der Waals surface area (Å²) in [6.07, 6.45) is 1.15. The number of nitrogens with two attached hydrogens (primary N) is 1. The highest BCUT2D eigenvalue weighted by atomic mass is 16.5. The lowest BCUT2D eigenvalue weighted by atomic mass is 10.1. The number of hydrogen-bond donors (Lipinski definition) is 3. The van der Waals surface area contributed by atoms with Gasteiger partial charge in [-0.3, -0.25) is 0 Å². The van der Waals surface area contributed by atoms with Crippen LogP contribution in [0.1, 0.15) is 31.4 Å². The largest absolute Gasteiger partial charge is 0.496 e. The Morgan fingerprint density at radius 1 is 1.53 bits per heavy atom. The summed E-state index contributed by atoms with van der Waals surface area (Å²) in [4.78, 5) is 0. The first kappa shape index (κ1) is 15.3. The van der Waals surface area contributed by atoms with Crippen molar-refractivity contribution < 1.29 is 9.94 Å². The van der Waals surface area contributed by atoms with E-state index in [4.69, 9.17) is 15.7 Å². The van der Waals surface area contributed by atoms with Crippen LogP contribution in [0.15, 0.2) is 23.4 Å². The molecule has 4 N–H and O–H groups in total. The van der Waals surface area contributed by atoms with Gasteiger partial charge in [-0.05, 0) is 30.7 Å². The van der Waals surface area contributed by atoms with Crippen molar-refractivity contribution >= 4 is 5.84 Å². The Balaban J connectivity index is 2.79. The van der Waals surface area contributed by atoms with Crippen molar-refractivity contribution in [2.75, 3.05) is 13.7 Å². The van der Waals surface area contributed by atoms with Crippen LogP contribution in [0, 0.1) is 5.92 Å². The third kappa shape index (κ3) is 4.44. The van der Waals surface area contributed by atoms with Gasteiger partial charge in [-0.1, -0.05) is 25.4 Å². The quantitative estimate of drug-likeness (QED) is 0.304. The van der Waals surface area contributed by atoms with E-state index in [1.165, 1.54) is 0 Å². The van der Waals surface area contributed by atoms with E-state index in [0.717, 1.165) is 24.3 Å². The van der Waals surface area contributed by atoms with Crippen LogP contribution in [0.4, 0.5) is 0 Å². The third-order valence-electron chi connectivity index (χ3n) is 3.19. The smallest absolute Gasteiger partial charge is 0.170 e. The summed E-state index contributed by atoms with van der Waals surface area (Å²) in [6.45, 7) is 6.02. The molecule has 106 valence electrons. The number of benzene rings is 1. The van der Waals surface area contributed by atoms with Gasteiger partial charge in [-0.25, -0.2) is 0 Å². The van der Waals surface area contributed by atoms with Gasteiger partial charge in [0.2, 0.25) is 0 Å². The monoisotopic (exact) mass is 265 g/mol. The van der Waals surface area contributed by atoms with Crippen LogP contribution in [-0.4, -0.2) is 24.7 Å². The molecule has 5 heteroatoms. The van der Waals surface area contributed by atoms with E-state index in [1.807, 2.05) is 12.1 Å². The first-order valence-corrected chi connectivity index (χ1v) is 6.47. The van der Waals surface area contributed by atoms with Crippen LogP contribution in [0.2, 0.25) is 0 Å². The average molecular weight is 265 g/mol. The highest BCUT2D eigenvalue weighted by molar-refractivity contribution is 5.97. The number of hydrogen-bond acceptors (Lipinski definition) is 4. The van der Waals surface area contributed by atoms with Crippen molar-refractivity contribution in [1.29, 1.82) is 0 Å². The average Bonchev–Trinajstić information content (AvgIpc) is 2.45. The molecule has 1 rings (SSSR count). The molecule has 0 aliphatic heterocycles. The number of methoxy groups -OCH3 is 1. The summed E-state index contributed by atoms with van der Waals surface area (Å²) >= 11 is 0. The summed E-state index contributed by atoms with van der Waals surface area (Å²) < 4.78 is 5.31. The normalized spacial score (nSPS) is 13.3. The van der Waals surface area contributed by atoms with Crippen molar-refractivity contribution in [2.24, 2.45) is 16.8 Å². The van der Waals surface area contributed by atoms with Crippen LogP contribution in [0.25, 0.3) is 0 Å². The second-order valence-electron chi connectivity index (χ2n) is 4.66. The Bertz CT molecular complexity index is 433. The molecule has 0 saturated heterocycles. The summed E-state index contributed by atoms with van der Waals surface area (Å²) in [7, 11) is 1.64. The fourth-order valence-electron chi connectivity index (χ4n) is 1.73. The second kappa shape index (κ2) is 7.63. The van der Waals surface area contributed by atoms with Crippen LogP contribution in [0.5, 0.6) is 5.75 Å². The number of ether oxygens (including phenoxy) is 1. The van der Waals surface area contributed by atoms with Crippen LogP contribution in [-0.2, 0) is 6.54 Å². The van der Waals surface area contributed by atoms with Crippen molar-refractivity contribution in [2.45, 2.75) is 26.8 Å². The van der Waals surface area contributed by atoms with E-state index in [-0.39, 0.29) is 5.84 Å². The molecule has 1 aromatic carbocycles. The molecule has 1 unspecified atom stereocenters. The van der Waals surface area contributed by atoms with Crippen molar-refractivity contribution in [1.82, 2.24) is 5.32 Å². The van der Waals surface area contributed by atoms with E-state index in [9.17, 15) is 0 Å². The number of rotatable bonds is 7. The van der Waals surface area contributed by atoms with Crippen LogP contribution >= 0.6 is 0 Å². The Morgan fingerprint density at radius 2 is 2.26 bits per heavy atom. The molecule has 0 aliphatic carbocycles. The molecular formula is C14H23N3O2. The molecule has 0 amide bonds. The summed E-state index contributed by atoms with van der Waals surface area (Å²) in [6, 6.07) is 5.47. The minimum Gasteiger partial charge on any atom is -0.496 e. The molecule has 1 aromatic rings. The molecule has 0 aliphatic rings. The van der Waals surface area contributed by atoms with Gasteiger partial charge in [0.1, 0.15) is 5.75 Å². The number of oxime groups is 1. The maximum absolute atomic E-state index is 8.70. The van der Waals surface area contributed by atoms with Gasteiger partial charge in [0.05, 0.1) is 7.11 Å². The maximum atomic E-state index is 8.70. The molecule has 0 aromatic heterocycles. The zero-order chi connectivity index (χ0) is 14.3. The molecule has 0 heterocycles. The Morgan fingerprint density at radius 3 is 2.84 bits per heavy atom. The van der Waals surface area contributed by atoms with Gasteiger partial charge in [-0.15, -0.1) is 0 Å². The molecule has 19 heavy (non-hydrogen) atoms. The fourth-order valence-corrected chi connectivity index (χ4v) is 1.73. The van der Waals surface area contributed by atoms with E-state index in [1.54, 1.807) is 13.2 Å². The topological polar surface area (TPSA) is 79.9 Å². The lowest BCUT2D eigenvalue weighted by Crippen LogP contribution is -2.21. The van der Waals surface area contributed by atoms with Gasteiger partial charge in [0.25, 0.3) is 0 Å². The minimum absolute atomic E-state index is 0.103. The van der Waals surface area contributed by atoms with Crippen molar-refractivity contribution in [3.63, 3.8) is 0 Å². The molecule has 0 radical (unpaired) electrons. The predicted octanol–water partition coefficient (Wildman–Crippen LogP) is 1.93. The predicted molar refractivity (Wildman–Crippen MR) is 76.7 cm³/mol. The number of nitrogens with one attached hydrogen (secondary N) is 1. The van der Waals surface area contributed by atoms with E-state index in [2.05, 4.69) is 24.3 Å². The molecule has 0 bridgehead atoms. The van der Waals surface area contributed by atoms with Gasteiger partial charge in [-0.2, -0.15) is 0 Å². The summed E-state index contributed by atoms with van der Waals surface area (Å²) in [5.41, 5.74) is 7.27. The van der Waals surface area contributed by atoms with Gasteiger partial charge in [0, 0.05) is 17.7 Å². The SMILES string of the molecule is CCC(C)CNCc1cc(/C(N)=N/O)ccc1OC. The van der Waals surface area contributed by atoms with E-state index >= 15 is 0 Å². The molecule has 0 fully saturated rings. The number of amidine groups is 1. The highest BCUT2D eigenvalue weighted by Gasteiger charge is 2.07. The molecule has 1 atom stereocenters. The van der Waals surface area contributed by atoms with Crippen LogP contribution < -0.4 is 15.8 Å². The minimum atomic E-state index is 0.103. The summed E-state index contributed by atoms with van der Waals surface area (Å²) in [5.74, 6) is 1.54. The summed E-state index contributed by atoms with van der Waals surface area (Å²) in [5, 5.41) is 15.1. The van der Waals surface area contributed by atoms with Gasteiger partial charge >= 0.3 is 0 Å². The fraction of sp³-hybridized carbons (Fsp3) is 0.500. The molecule has 5 nitrogen and oxygen atoms in total. The Kier molecular flexibility index (Phi) is 6.15. The zero-order valence-corrected chi connectivity index (χ0v) is 11.8. The van der Waals surface area contributed by atoms with Crippen molar-refractivity contribution in [3.8, 4) is 5.75 Å². The lowest BCUT2D eigenvalue weighted by Gasteiger charge is -2.13. The third-order valence-corrected chi connectivity index (χ3v) is 3.19. The highest BCUT2D eigenvalue weighted by Crippen LogP contribution is 2.19. The first-order valence-electron chi connectivity index (χ1n) is 6.47. The zero-order valence-electron chi connectivity index (χ0n) is 11.8. The van der Waals surface area contributed by atoms with Crippen LogP contribution in [0.3, 0.4) is 0 Å². The van der Waals surface area contributed by atoms with E-state index in [0.29, 0.717) is 18.0 Å². The molecular weight excluding hydrogens is 242 g/mol. The number of nitrogens with zero attached hydrogens (tertiary/aromatic N) is 1. The van der Waals surface area contributed by atoms with E-state index < -0.39 is 0 Å². The first-order chi connectivity index (χ1) is 9.12. The maximum Gasteiger partial charge on any atom is 0.170 e. The Labute approximate surface area is 114 Å². The second-order valence-corrected chi connectivity index (χ2v) is 4.66. The molecule has 0 spiro atoms. The standard InChI is InChI=1S/C14H23N3O2/c1-4-10(2)8-16-9-12-7-11(14(15)17-18)5-6-13(12)19-3/h5-7,10,16,18H,4,8-9H2,1-3H3,(H2,15,17). The Hall–Kier alpha value is -1.75. The van der Waals surface area contributed by atoms with Crippen molar-refractivity contribution in [3.05, 3.63) is 29.3 Å². The van der Waals surface area contributed by atoms with Gasteiger partial charge < -0.3 is 21.0 Å². The molecule has 0 saturated carbocycles. The van der Waals surface area contributed by atoms with Gasteiger partial charge in [0.15, 0.2) is 5.84 Å².